The summed E-state index contributed by atoms with van der Waals surface area (Å²) in [5.74, 6) is 0.582. The average Bonchev–Trinajstić information content (AvgIpc) is 2.78. The standard InChI is InChI=1S/C16H32N2O2/c1-12(19)10-15(2,3)11-17-14(20)18-16(4,5)13-8-6-7-9-13/h12-13,19H,6-11H2,1-5H3,(H2,17,18,20). The highest BCUT2D eigenvalue weighted by atomic mass is 16.3. The van der Waals surface area contributed by atoms with Crippen molar-refractivity contribution in [3.63, 3.8) is 0 Å². The summed E-state index contributed by atoms with van der Waals surface area (Å²) in [7, 11) is 0. The van der Waals surface area contributed by atoms with Gasteiger partial charge in [0.25, 0.3) is 0 Å². The Hall–Kier alpha value is -0.770. The van der Waals surface area contributed by atoms with Gasteiger partial charge >= 0.3 is 6.03 Å². The third-order valence-electron chi connectivity index (χ3n) is 4.39. The molecule has 0 heterocycles. The van der Waals surface area contributed by atoms with Crippen molar-refractivity contribution in [1.29, 1.82) is 0 Å². The van der Waals surface area contributed by atoms with Gasteiger partial charge in [0.1, 0.15) is 0 Å². The highest BCUT2D eigenvalue weighted by Gasteiger charge is 2.33. The lowest BCUT2D eigenvalue weighted by Gasteiger charge is -2.34. The van der Waals surface area contributed by atoms with E-state index in [0.717, 1.165) is 0 Å². The molecule has 1 aliphatic carbocycles. The predicted molar refractivity (Wildman–Crippen MR) is 82.7 cm³/mol. The first-order valence-corrected chi connectivity index (χ1v) is 7.86. The fourth-order valence-electron chi connectivity index (χ4n) is 3.28. The first-order chi connectivity index (χ1) is 9.12. The Morgan fingerprint density at radius 3 is 2.30 bits per heavy atom. The van der Waals surface area contributed by atoms with Crippen LogP contribution in [0.3, 0.4) is 0 Å². The molecule has 1 saturated carbocycles. The van der Waals surface area contributed by atoms with Gasteiger partial charge in [0.05, 0.1) is 6.10 Å². The number of amides is 2. The van der Waals surface area contributed by atoms with Crippen LogP contribution in [0, 0.1) is 11.3 Å². The third-order valence-corrected chi connectivity index (χ3v) is 4.39. The molecule has 1 rings (SSSR count). The van der Waals surface area contributed by atoms with Crippen molar-refractivity contribution >= 4 is 6.03 Å². The van der Waals surface area contributed by atoms with E-state index in [-0.39, 0.29) is 23.1 Å². The van der Waals surface area contributed by atoms with Crippen molar-refractivity contribution < 1.29 is 9.90 Å². The molecule has 3 N–H and O–H groups in total. The summed E-state index contributed by atoms with van der Waals surface area (Å²) in [5, 5.41) is 15.5. The highest BCUT2D eigenvalue weighted by molar-refractivity contribution is 5.74. The van der Waals surface area contributed by atoms with Gasteiger partial charge in [-0.2, -0.15) is 0 Å². The van der Waals surface area contributed by atoms with E-state index in [1.807, 2.05) is 0 Å². The smallest absolute Gasteiger partial charge is 0.315 e. The normalized spacial score (nSPS) is 18.9. The fraction of sp³-hybridized carbons (Fsp3) is 0.938. The summed E-state index contributed by atoms with van der Waals surface area (Å²) >= 11 is 0. The molecular formula is C16H32N2O2. The third kappa shape index (κ3) is 5.70. The molecule has 0 bridgehead atoms. The van der Waals surface area contributed by atoms with Gasteiger partial charge in [0, 0.05) is 12.1 Å². The van der Waals surface area contributed by atoms with Gasteiger partial charge < -0.3 is 15.7 Å². The second-order valence-corrected chi connectivity index (χ2v) is 7.73. The molecule has 0 spiro atoms. The minimum absolute atomic E-state index is 0.0942. The number of hydrogen-bond acceptors (Lipinski definition) is 2. The maximum Gasteiger partial charge on any atom is 0.315 e. The molecule has 0 aromatic heterocycles. The second-order valence-electron chi connectivity index (χ2n) is 7.73. The molecule has 1 unspecified atom stereocenters. The first kappa shape index (κ1) is 17.3. The first-order valence-electron chi connectivity index (χ1n) is 7.86. The van der Waals surface area contributed by atoms with Gasteiger partial charge in [0.2, 0.25) is 0 Å². The molecule has 0 aliphatic heterocycles. The van der Waals surface area contributed by atoms with Crippen LogP contribution in [-0.2, 0) is 0 Å². The van der Waals surface area contributed by atoms with Gasteiger partial charge in [-0.05, 0) is 51.4 Å². The molecule has 1 fully saturated rings. The van der Waals surface area contributed by atoms with Crippen LogP contribution >= 0.6 is 0 Å². The van der Waals surface area contributed by atoms with E-state index in [9.17, 15) is 9.90 Å². The minimum atomic E-state index is -0.343. The molecule has 2 amide bonds. The van der Waals surface area contributed by atoms with Gasteiger partial charge in [-0.1, -0.05) is 26.7 Å². The molecule has 0 aromatic rings. The summed E-state index contributed by atoms with van der Waals surface area (Å²) in [5.41, 5.74) is -0.238. The fourth-order valence-corrected chi connectivity index (χ4v) is 3.28. The van der Waals surface area contributed by atoms with E-state index in [0.29, 0.717) is 18.9 Å². The van der Waals surface area contributed by atoms with E-state index in [1.54, 1.807) is 6.92 Å². The topological polar surface area (TPSA) is 61.4 Å². The lowest BCUT2D eigenvalue weighted by molar-refractivity contribution is 0.128. The zero-order chi connectivity index (χ0) is 15.4. The van der Waals surface area contributed by atoms with Crippen LogP contribution in [0.5, 0.6) is 0 Å². The summed E-state index contributed by atoms with van der Waals surface area (Å²) in [4.78, 5) is 12.1. The van der Waals surface area contributed by atoms with Crippen molar-refractivity contribution in [1.82, 2.24) is 10.6 Å². The average molecular weight is 284 g/mol. The summed E-state index contributed by atoms with van der Waals surface area (Å²) in [6, 6.07) is -0.0967. The molecule has 4 heteroatoms. The Morgan fingerprint density at radius 1 is 1.25 bits per heavy atom. The van der Waals surface area contributed by atoms with Gasteiger partial charge in [-0.25, -0.2) is 4.79 Å². The van der Waals surface area contributed by atoms with Gasteiger partial charge in [0.15, 0.2) is 0 Å². The summed E-state index contributed by atoms with van der Waals surface area (Å²) in [6.07, 6.45) is 5.31. The number of carbonyl (C=O) groups excluding carboxylic acids is 1. The number of carbonyl (C=O) groups is 1. The molecule has 0 saturated heterocycles. The Labute approximate surface area is 123 Å². The van der Waals surface area contributed by atoms with E-state index in [1.165, 1.54) is 25.7 Å². The minimum Gasteiger partial charge on any atom is -0.393 e. The molecule has 4 nitrogen and oxygen atoms in total. The molecule has 0 aromatic carbocycles. The SMILES string of the molecule is CC(O)CC(C)(C)CNC(=O)NC(C)(C)C1CCCC1. The lowest BCUT2D eigenvalue weighted by Crippen LogP contribution is -2.53. The van der Waals surface area contributed by atoms with E-state index >= 15 is 0 Å². The van der Waals surface area contributed by atoms with Gasteiger partial charge in [-0.15, -0.1) is 0 Å². The highest BCUT2D eigenvalue weighted by Crippen LogP contribution is 2.33. The predicted octanol–water partition coefficient (Wildman–Crippen LogP) is 3.05. The Morgan fingerprint density at radius 2 is 1.80 bits per heavy atom. The zero-order valence-corrected chi connectivity index (χ0v) is 13.8. The second kappa shape index (κ2) is 6.79. The largest absolute Gasteiger partial charge is 0.393 e. The summed E-state index contributed by atoms with van der Waals surface area (Å²) in [6.45, 7) is 10.7. The van der Waals surface area contributed by atoms with Crippen LogP contribution in [-0.4, -0.2) is 29.3 Å². The van der Waals surface area contributed by atoms with Crippen LogP contribution in [0.2, 0.25) is 0 Å². The summed E-state index contributed by atoms with van der Waals surface area (Å²) < 4.78 is 0. The lowest BCUT2D eigenvalue weighted by atomic mass is 9.86. The maximum atomic E-state index is 12.1. The van der Waals surface area contributed by atoms with Crippen LogP contribution in [0.25, 0.3) is 0 Å². The monoisotopic (exact) mass is 284 g/mol. The van der Waals surface area contributed by atoms with Crippen molar-refractivity contribution in [3.05, 3.63) is 0 Å². The van der Waals surface area contributed by atoms with Crippen molar-refractivity contribution in [2.45, 2.75) is 78.4 Å². The van der Waals surface area contributed by atoms with E-state index in [4.69, 9.17) is 0 Å². The van der Waals surface area contributed by atoms with E-state index in [2.05, 4.69) is 38.3 Å². The molecule has 1 aliphatic rings. The van der Waals surface area contributed by atoms with E-state index < -0.39 is 0 Å². The number of urea groups is 1. The van der Waals surface area contributed by atoms with Crippen molar-refractivity contribution in [3.8, 4) is 0 Å². The Balaban J connectivity index is 2.39. The molecule has 1 atom stereocenters. The quantitative estimate of drug-likeness (QED) is 0.702. The number of aliphatic hydroxyl groups excluding tert-OH is 1. The molecular weight excluding hydrogens is 252 g/mol. The number of hydrogen-bond donors (Lipinski definition) is 3. The van der Waals surface area contributed by atoms with Crippen molar-refractivity contribution in [2.75, 3.05) is 6.54 Å². The molecule has 0 radical (unpaired) electrons. The van der Waals surface area contributed by atoms with Crippen LogP contribution in [0.4, 0.5) is 4.79 Å². The maximum absolute atomic E-state index is 12.1. The number of rotatable bonds is 6. The molecule has 118 valence electrons. The van der Waals surface area contributed by atoms with Crippen LogP contribution in [0.15, 0.2) is 0 Å². The number of nitrogens with one attached hydrogen (secondary N) is 2. The van der Waals surface area contributed by atoms with Crippen LogP contribution in [0.1, 0.15) is 66.7 Å². The van der Waals surface area contributed by atoms with Crippen molar-refractivity contribution in [2.24, 2.45) is 11.3 Å². The zero-order valence-electron chi connectivity index (χ0n) is 13.8. The Kier molecular flexibility index (Phi) is 5.87. The Bertz CT molecular complexity index is 318. The molecule has 20 heavy (non-hydrogen) atoms. The van der Waals surface area contributed by atoms with Gasteiger partial charge in [-0.3, -0.25) is 0 Å². The number of aliphatic hydroxyl groups is 1. The van der Waals surface area contributed by atoms with Crippen LogP contribution < -0.4 is 10.6 Å².